The third-order valence-electron chi connectivity index (χ3n) is 7.53. The minimum absolute atomic E-state index is 0.312. The Kier molecular flexibility index (Phi) is 11.5. The van der Waals surface area contributed by atoms with Gasteiger partial charge in [-0.2, -0.15) is 0 Å². The zero-order chi connectivity index (χ0) is 29.7. The summed E-state index contributed by atoms with van der Waals surface area (Å²) < 4.78 is 38.1. The van der Waals surface area contributed by atoms with E-state index in [1.165, 1.54) is 0 Å². The summed E-state index contributed by atoms with van der Waals surface area (Å²) in [5, 5.41) is 0. The molecule has 6 nitrogen and oxygen atoms in total. The number of hydrogen-bond donors (Lipinski definition) is 0. The van der Waals surface area contributed by atoms with E-state index in [1.807, 2.05) is 97.1 Å². The molecule has 5 rings (SSSR count). The molecule has 0 aliphatic carbocycles. The molecule has 0 fully saturated rings. The van der Waals surface area contributed by atoms with Gasteiger partial charge in [0, 0.05) is 0 Å². The van der Waals surface area contributed by atoms with Crippen LogP contribution in [0, 0.1) is 0 Å². The second-order valence-corrected chi connectivity index (χ2v) is 10.5. The molecule has 1 aliphatic rings. The highest BCUT2D eigenvalue weighted by molar-refractivity contribution is 5.27. The molecular weight excluding hydrogens is 540 g/mol. The molecule has 0 saturated heterocycles. The van der Waals surface area contributed by atoms with Gasteiger partial charge in [-0.25, -0.2) is 0 Å². The van der Waals surface area contributed by atoms with Crippen LogP contribution in [0.1, 0.15) is 27.8 Å². The van der Waals surface area contributed by atoms with Crippen molar-refractivity contribution >= 4 is 0 Å². The van der Waals surface area contributed by atoms with Crippen LogP contribution in [0.3, 0.4) is 0 Å². The summed E-state index contributed by atoms with van der Waals surface area (Å²) in [5.41, 5.74) is 5.29. The second-order valence-electron chi connectivity index (χ2n) is 10.5. The number of fused-ring (bicyclic) bond motifs is 1. The van der Waals surface area contributed by atoms with Crippen LogP contribution >= 0.6 is 0 Å². The third kappa shape index (κ3) is 8.86. The standard InChI is InChI=1S/C37H40O6/c1-3-34(40-22-28-12-6-4-7-13-28)36-37(42-24-29-14-8-5-9-15-29)35(41-23-30-18-20-33(38-2)21-19-30)27-39-25-31-16-10-11-17-32(31)26-43-36/h3-21,34-37H,1,22-27H2,2H3/t34-,35?,36?,37-/m1/s1. The summed E-state index contributed by atoms with van der Waals surface area (Å²) in [6.45, 7) is 6.43. The number of benzene rings is 4. The normalized spacial score (nSPS) is 19.6. The van der Waals surface area contributed by atoms with Crippen molar-refractivity contribution in [2.75, 3.05) is 13.7 Å². The fraction of sp³-hybridized carbons (Fsp3) is 0.297. The molecule has 4 aromatic carbocycles. The largest absolute Gasteiger partial charge is 0.497 e. The molecule has 4 atom stereocenters. The summed E-state index contributed by atoms with van der Waals surface area (Å²) in [6.07, 6.45) is -0.183. The van der Waals surface area contributed by atoms with E-state index in [0.717, 1.165) is 33.6 Å². The average molecular weight is 581 g/mol. The van der Waals surface area contributed by atoms with Gasteiger partial charge in [0.15, 0.2) is 0 Å². The molecule has 1 aliphatic heterocycles. The van der Waals surface area contributed by atoms with Crippen LogP contribution in [0.4, 0.5) is 0 Å². The van der Waals surface area contributed by atoms with E-state index in [0.29, 0.717) is 39.6 Å². The lowest BCUT2D eigenvalue weighted by Crippen LogP contribution is -2.50. The topological polar surface area (TPSA) is 55.4 Å². The summed E-state index contributed by atoms with van der Waals surface area (Å²) >= 11 is 0. The van der Waals surface area contributed by atoms with Gasteiger partial charge in [-0.3, -0.25) is 0 Å². The fourth-order valence-electron chi connectivity index (χ4n) is 5.09. The zero-order valence-electron chi connectivity index (χ0n) is 24.7. The van der Waals surface area contributed by atoms with Crippen molar-refractivity contribution < 1.29 is 28.4 Å². The van der Waals surface area contributed by atoms with Gasteiger partial charge >= 0.3 is 0 Å². The Morgan fingerprint density at radius 1 is 0.721 bits per heavy atom. The maximum atomic E-state index is 6.73. The molecule has 2 unspecified atom stereocenters. The maximum absolute atomic E-state index is 6.73. The van der Waals surface area contributed by atoms with Crippen molar-refractivity contribution in [1.29, 1.82) is 0 Å². The Labute approximate surface area is 254 Å². The van der Waals surface area contributed by atoms with E-state index in [4.69, 9.17) is 28.4 Å². The van der Waals surface area contributed by atoms with Crippen LogP contribution in [-0.2, 0) is 56.7 Å². The number of ether oxygens (including phenoxy) is 6. The Bertz CT molecular complexity index is 1380. The number of hydrogen-bond acceptors (Lipinski definition) is 6. The molecule has 0 bridgehead atoms. The lowest BCUT2D eigenvalue weighted by Gasteiger charge is -2.37. The fourth-order valence-corrected chi connectivity index (χ4v) is 5.09. The van der Waals surface area contributed by atoms with Crippen molar-refractivity contribution in [3.05, 3.63) is 150 Å². The molecule has 0 radical (unpaired) electrons. The first-order chi connectivity index (χ1) is 21.2. The summed E-state index contributed by atoms with van der Waals surface area (Å²) in [7, 11) is 1.66. The van der Waals surface area contributed by atoms with Crippen LogP contribution < -0.4 is 4.74 Å². The first-order valence-electron chi connectivity index (χ1n) is 14.7. The Hall–Kier alpha value is -3.78. The Balaban J connectivity index is 1.45. The van der Waals surface area contributed by atoms with E-state index in [-0.39, 0.29) is 0 Å². The van der Waals surface area contributed by atoms with Crippen LogP contribution in [0.5, 0.6) is 5.75 Å². The van der Waals surface area contributed by atoms with Gasteiger partial charge in [0.1, 0.15) is 30.2 Å². The van der Waals surface area contributed by atoms with Gasteiger partial charge in [-0.05, 0) is 39.9 Å². The predicted octanol–water partition coefficient (Wildman–Crippen LogP) is 7.05. The highest BCUT2D eigenvalue weighted by Crippen LogP contribution is 2.26. The summed E-state index contributed by atoms with van der Waals surface area (Å²) in [6, 6.07) is 36.2. The number of rotatable bonds is 12. The van der Waals surface area contributed by atoms with E-state index in [2.05, 4.69) is 18.7 Å². The highest BCUT2D eigenvalue weighted by atomic mass is 16.6. The summed E-state index contributed by atoms with van der Waals surface area (Å²) in [5.74, 6) is 0.798. The van der Waals surface area contributed by atoms with Crippen molar-refractivity contribution in [2.24, 2.45) is 0 Å². The minimum atomic E-state index is -0.527. The smallest absolute Gasteiger partial charge is 0.118 e. The van der Waals surface area contributed by atoms with Crippen molar-refractivity contribution in [3.63, 3.8) is 0 Å². The van der Waals surface area contributed by atoms with E-state index >= 15 is 0 Å². The van der Waals surface area contributed by atoms with Crippen molar-refractivity contribution in [2.45, 2.75) is 57.5 Å². The van der Waals surface area contributed by atoms with Crippen molar-refractivity contribution in [1.82, 2.24) is 0 Å². The number of methoxy groups -OCH3 is 1. The van der Waals surface area contributed by atoms with Gasteiger partial charge in [0.05, 0.1) is 46.8 Å². The molecule has 0 amide bonds. The van der Waals surface area contributed by atoms with Crippen molar-refractivity contribution in [3.8, 4) is 5.75 Å². The zero-order valence-corrected chi connectivity index (χ0v) is 24.7. The molecular formula is C37H40O6. The maximum Gasteiger partial charge on any atom is 0.118 e. The lowest BCUT2D eigenvalue weighted by molar-refractivity contribution is -0.194. The highest BCUT2D eigenvalue weighted by Gasteiger charge is 2.38. The Morgan fingerprint density at radius 3 is 1.95 bits per heavy atom. The quantitative estimate of drug-likeness (QED) is 0.167. The van der Waals surface area contributed by atoms with Gasteiger partial charge in [-0.15, -0.1) is 6.58 Å². The third-order valence-corrected chi connectivity index (χ3v) is 7.53. The predicted molar refractivity (Wildman–Crippen MR) is 166 cm³/mol. The minimum Gasteiger partial charge on any atom is -0.497 e. The van der Waals surface area contributed by atoms with Gasteiger partial charge < -0.3 is 28.4 Å². The van der Waals surface area contributed by atoms with Crippen LogP contribution in [0.2, 0.25) is 0 Å². The van der Waals surface area contributed by atoms with E-state index in [1.54, 1.807) is 13.2 Å². The molecule has 6 heteroatoms. The van der Waals surface area contributed by atoms with E-state index < -0.39 is 24.4 Å². The second kappa shape index (κ2) is 16.2. The molecule has 4 aromatic rings. The first kappa shape index (κ1) is 30.7. The SMILES string of the molecule is C=C[C@@H](OCc1ccccc1)C1OCc2ccccc2COCC(OCc2ccc(OC)cc2)[C@H]1OCc1ccccc1. The average Bonchev–Trinajstić information content (AvgIpc) is 3.07. The molecule has 224 valence electrons. The van der Waals surface area contributed by atoms with Crippen LogP contribution in [0.15, 0.2) is 122 Å². The molecule has 0 aromatic heterocycles. The Morgan fingerprint density at radius 2 is 1.30 bits per heavy atom. The van der Waals surface area contributed by atoms with Gasteiger partial charge in [-0.1, -0.05) is 103 Å². The molecule has 0 saturated carbocycles. The van der Waals surface area contributed by atoms with Crippen LogP contribution in [0.25, 0.3) is 0 Å². The van der Waals surface area contributed by atoms with E-state index in [9.17, 15) is 0 Å². The molecule has 1 heterocycles. The molecule has 43 heavy (non-hydrogen) atoms. The monoisotopic (exact) mass is 580 g/mol. The van der Waals surface area contributed by atoms with Crippen LogP contribution in [-0.4, -0.2) is 38.1 Å². The van der Waals surface area contributed by atoms with Gasteiger partial charge in [0.25, 0.3) is 0 Å². The molecule has 0 spiro atoms. The first-order valence-corrected chi connectivity index (χ1v) is 14.7. The molecule has 0 N–H and O–H groups in total. The van der Waals surface area contributed by atoms with Gasteiger partial charge in [0.2, 0.25) is 0 Å². The lowest BCUT2D eigenvalue weighted by atomic mass is 10.0. The summed E-state index contributed by atoms with van der Waals surface area (Å²) in [4.78, 5) is 0.